The zero-order valence-electron chi connectivity index (χ0n) is 12.0. The van der Waals surface area contributed by atoms with Crippen LogP contribution in [0.15, 0.2) is 42.5 Å². The normalized spacial score (nSPS) is 13.5. The highest BCUT2D eigenvalue weighted by atomic mass is 16.7. The fourth-order valence-electron chi connectivity index (χ4n) is 2.02. The lowest BCUT2D eigenvalue weighted by molar-refractivity contribution is -0.122. The van der Waals surface area contributed by atoms with Crippen LogP contribution in [0, 0.1) is 0 Å². The van der Waals surface area contributed by atoms with E-state index in [9.17, 15) is 4.79 Å². The smallest absolute Gasteiger partial charge is 0.265 e. The molecule has 1 aliphatic heterocycles. The van der Waals surface area contributed by atoms with E-state index in [4.69, 9.17) is 19.9 Å². The van der Waals surface area contributed by atoms with Gasteiger partial charge in [-0.2, -0.15) is 0 Å². The lowest BCUT2D eigenvalue weighted by Crippen LogP contribution is -2.30. The first-order valence-electron chi connectivity index (χ1n) is 6.84. The molecule has 6 heteroatoms. The summed E-state index contributed by atoms with van der Waals surface area (Å²) in [6, 6.07) is 12.1. The van der Waals surface area contributed by atoms with E-state index >= 15 is 0 Å². The van der Waals surface area contributed by atoms with Crippen molar-refractivity contribution >= 4 is 17.3 Å². The van der Waals surface area contributed by atoms with Crippen molar-refractivity contribution in [2.24, 2.45) is 0 Å². The molecule has 0 radical (unpaired) electrons. The van der Waals surface area contributed by atoms with E-state index in [2.05, 4.69) is 5.32 Å². The van der Waals surface area contributed by atoms with Crippen molar-refractivity contribution in [3.63, 3.8) is 0 Å². The third-order valence-electron chi connectivity index (χ3n) is 3.20. The van der Waals surface area contributed by atoms with Crippen LogP contribution in [-0.4, -0.2) is 18.8 Å². The molecule has 0 saturated heterocycles. The summed E-state index contributed by atoms with van der Waals surface area (Å²) < 4.78 is 16.1. The number of anilines is 2. The topological polar surface area (TPSA) is 82.8 Å². The zero-order valence-corrected chi connectivity index (χ0v) is 12.0. The van der Waals surface area contributed by atoms with Gasteiger partial charge in [-0.15, -0.1) is 0 Å². The maximum Gasteiger partial charge on any atom is 0.265 e. The van der Waals surface area contributed by atoms with Gasteiger partial charge in [-0.1, -0.05) is 0 Å². The highest BCUT2D eigenvalue weighted by Crippen LogP contribution is 2.35. The van der Waals surface area contributed by atoms with Crippen LogP contribution in [0.1, 0.15) is 6.92 Å². The summed E-state index contributed by atoms with van der Waals surface area (Å²) in [5.41, 5.74) is 6.91. The maximum absolute atomic E-state index is 12.1. The van der Waals surface area contributed by atoms with E-state index < -0.39 is 6.10 Å². The van der Waals surface area contributed by atoms with Crippen LogP contribution < -0.4 is 25.3 Å². The molecule has 0 saturated carbocycles. The van der Waals surface area contributed by atoms with Crippen LogP contribution in [0.2, 0.25) is 0 Å². The Kier molecular flexibility index (Phi) is 3.74. The Hall–Kier alpha value is -2.89. The molecule has 0 bridgehead atoms. The average Bonchev–Trinajstić information content (AvgIpc) is 2.97. The highest BCUT2D eigenvalue weighted by Gasteiger charge is 2.18. The Bertz CT molecular complexity index is 685. The summed E-state index contributed by atoms with van der Waals surface area (Å²) in [5.74, 6) is 1.58. The molecule has 22 heavy (non-hydrogen) atoms. The first-order valence-corrected chi connectivity index (χ1v) is 6.84. The number of hydrogen-bond donors (Lipinski definition) is 2. The second-order valence-electron chi connectivity index (χ2n) is 4.89. The second kappa shape index (κ2) is 5.85. The lowest BCUT2D eigenvalue weighted by atomic mass is 10.2. The van der Waals surface area contributed by atoms with Crippen molar-refractivity contribution in [2.75, 3.05) is 17.8 Å². The average molecular weight is 300 g/mol. The summed E-state index contributed by atoms with van der Waals surface area (Å²) in [6.45, 7) is 1.88. The van der Waals surface area contributed by atoms with E-state index in [1.54, 1.807) is 49.4 Å². The van der Waals surface area contributed by atoms with E-state index in [1.807, 2.05) is 0 Å². The molecule has 1 unspecified atom stereocenters. The molecule has 1 aliphatic rings. The number of hydrogen-bond acceptors (Lipinski definition) is 5. The van der Waals surface area contributed by atoms with Gasteiger partial charge in [-0.3, -0.25) is 4.79 Å². The third kappa shape index (κ3) is 3.06. The van der Waals surface area contributed by atoms with Gasteiger partial charge in [0.1, 0.15) is 5.75 Å². The van der Waals surface area contributed by atoms with Crippen LogP contribution in [0.3, 0.4) is 0 Å². The van der Waals surface area contributed by atoms with Gasteiger partial charge in [0.2, 0.25) is 6.79 Å². The van der Waals surface area contributed by atoms with Crippen molar-refractivity contribution < 1.29 is 19.0 Å². The number of benzene rings is 2. The minimum Gasteiger partial charge on any atom is -0.481 e. The van der Waals surface area contributed by atoms with Gasteiger partial charge < -0.3 is 25.3 Å². The van der Waals surface area contributed by atoms with E-state index in [-0.39, 0.29) is 12.7 Å². The molecular weight excluding hydrogens is 284 g/mol. The minimum atomic E-state index is -0.655. The Morgan fingerprint density at radius 2 is 1.91 bits per heavy atom. The molecule has 0 spiro atoms. The van der Waals surface area contributed by atoms with E-state index in [1.165, 1.54) is 0 Å². The molecule has 114 valence electrons. The zero-order chi connectivity index (χ0) is 15.5. The summed E-state index contributed by atoms with van der Waals surface area (Å²) in [7, 11) is 0. The second-order valence-corrected chi connectivity index (χ2v) is 4.89. The number of amides is 1. The third-order valence-corrected chi connectivity index (χ3v) is 3.20. The number of ether oxygens (including phenoxy) is 3. The summed E-state index contributed by atoms with van der Waals surface area (Å²) in [6.07, 6.45) is -0.655. The predicted octanol–water partition coefficient (Wildman–Crippen LogP) is 2.40. The molecule has 0 aromatic heterocycles. The largest absolute Gasteiger partial charge is 0.481 e. The molecule has 3 N–H and O–H groups in total. The molecule has 1 heterocycles. The number of fused-ring (bicyclic) bond motifs is 1. The number of nitrogens with two attached hydrogens (primary N) is 1. The van der Waals surface area contributed by atoms with Crippen molar-refractivity contribution in [3.05, 3.63) is 42.5 Å². The first-order chi connectivity index (χ1) is 10.6. The van der Waals surface area contributed by atoms with Gasteiger partial charge in [0, 0.05) is 17.4 Å². The van der Waals surface area contributed by atoms with Crippen molar-refractivity contribution in [3.8, 4) is 17.2 Å². The fraction of sp³-hybridized carbons (Fsp3) is 0.188. The number of carbonyl (C=O) groups is 1. The molecule has 1 atom stereocenters. The van der Waals surface area contributed by atoms with Gasteiger partial charge in [-0.25, -0.2) is 0 Å². The molecule has 2 aromatic rings. The standard InChI is InChI=1S/C16H16N2O4/c1-10(16(19)18-12-4-2-11(17)3-5-12)22-13-6-7-14-15(8-13)21-9-20-14/h2-8,10H,9,17H2,1H3,(H,18,19). The Morgan fingerprint density at radius 1 is 1.18 bits per heavy atom. The maximum atomic E-state index is 12.1. The monoisotopic (exact) mass is 300 g/mol. The Labute approximate surface area is 127 Å². The minimum absolute atomic E-state index is 0.200. The van der Waals surface area contributed by atoms with E-state index in [0.29, 0.717) is 28.6 Å². The highest BCUT2D eigenvalue weighted by molar-refractivity contribution is 5.94. The van der Waals surface area contributed by atoms with Crippen molar-refractivity contribution in [1.82, 2.24) is 0 Å². The first kappa shape index (κ1) is 14.1. The van der Waals surface area contributed by atoms with Crippen molar-refractivity contribution in [2.45, 2.75) is 13.0 Å². The molecule has 2 aromatic carbocycles. The van der Waals surface area contributed by atoms with Gasteiger partial charge in [0.05, 0.1) is 0 Å². The van der Waals surface area contributed by atoms with Crippen LogP contribution in [-0.2, 0) is 4.79 Å². The number of rotatable bonds is 4. The van der Waals surface area contributed by atoms with Crippen LogP contribution >= 0.6 is 0 Å². The molecular formula is C16H16N2O4. The van der Waals surface area contributed by atoms with Gasteiger partial charge >= 0.3 is 0 Å². The number of carbonyl (C=O) groups excluding carboxylic acids is 1. The van der Waals surface area contributed by atoms with Crippen LogP contribution in [0.4, 0.5) is 11.4 Å². The summed E-state index contributed by atoms with van der Waals surface area (Å²) in [4.78, 5) is 12.1. The molecule has 6 nitrogen and oxygen atoms in total. The Balaban J connectivity index is 1.62. The SMILES string of the molecule is CC(Oc1ccc2c(c1)OCO2)C(=O)Nc1ccc(N)cc1. The molecule has 1 amide bonds. The molecule has 3 rings (SSSR count). The van der Waals surface area contributed by atoms with Crippen LogP contribution in [0.25, 0.3) is 0 Å². The van der Waals surface area contributed by atoms with Gasteiger partial charge in [-0.05, 0) is 43.3 Å². The molecule has 0 fully saturated rings. The quantitative estimate of drug-likeness (QED) is 0.847. The Morgan fingerprint density at radius 3 is 2.68 bits per heavy atom. The predicted molar refractivity (Wildman–Crippen MR) is 82.1 cm³/mol. The fourth-order valence-corrected chi connectivity index (χ4v) is 2.02. The van der Waals surface area contributed by atoms with Crippen molar-refractivity contribution in [1.29, 1.82) is 0 Å². The van der Waals surface area contributed by atoms with Crippen LogP contribution in [0.5, 0.6) is 17.2 Å². The number of nitrogens with one attached hydrogen (secondary N) is 1. The number of nitrogen functional groups attached to an aromatic ring is 1. The summed E-state index contributed by atoms with van der Waals surface area (Å²) in [5, 5.41) is 2.77. The lowest BCUT2D eigenvalue weighted by Gasteiger charge is -2.15. The van der Waals surface area contributed by atoms with Gasteiger partial charge in [0.25, 0.3) is 5.91 Å². The molecule has 0 aliphatic carbocycles. The van der Waals surface area contributed by atoms with Gasteiger partial charge in [0.15, 0.2) is 17.6 Å². The summed E-state index contributed by atoms with van der Waals surface area (Å²) >= 11 is 0. The van der Waals surface area contributed by atoms with E-state index in [0.717, 1.165) is 0 Å².